The summed E-state index contributed by atoms with van der Waals surface area (Å²) in [4.78, 5) is 0. The van der Waals surface area contributed by atoms with Crippen molar-refractivity contribution in [3.8, 4) is 0 Å². The maximum atomic E-state index is 12.2. The van der Waals surface area contributed by atoms with Gasteiger partial charge in [0.25, 0.3) is 0 Å². The third-order valence-electron chi connectivity index (χ3n) is 4.60. The summed E-state index contributed by atoms with van der Waals surface area (Å²) in [6.45, 7) is 3.64. The maximum Gasteiger partial charge on any atom is 0.214 e. The minimum absolute atomic E-state index is 0. The molecule has 18 heavy (non-hydrogen) atoms. The van der Waals surface area contributed by atoms with Crippen LogP contribution in [-0.2, 0) is 10.0 Å². The predicted molar refractivity (Wildman–Crippen MR) is 74.5 cm³/mol. The summed E-state index contributed by atoms with van der Waals surface area (Å²) >= 11 is 0. The van der Waals surface area contributed by atoms with Crippen LogP contribution in [0.3, 0.4) is 0 Å². The Balaban J connectivity index is 0.00000120. The molecule has 3 aliphatic rings. The molecule has 3 fully saturated rings. The molecule has 106 valence electrons. The van der Waals surface area contributed by atoms with Crippen molar-refractivity contribution in [1.82, 2.24) is 9.62 Å². The Labute approximate surface area is 116 Å². The van der Waals surface area contributed by atoms with Crippen LogP contribution in [0.25, 0.3) is 0 Å². The van der Waals surface area contributed by atoms with E-state index in [9.17, 15) is 8.42 Å². The molecule has 3 rings (SSSR count). The second kappa shape index (κ2) is 5.27. The quantitative estimate of drug-likeness (QED) is 0.851. The molecule has 4 nitrogen and oxygen atoms in total. The van der Waals surface area contributed by atoms with E-state index in [0.717, 1.165) is 58.3 Å². The molecular weight excluding hydrogens is 272 g/mol. The number of hydrogen-bond acceptors (Lipinski definition) is 3. The standard InChI is InChI=1S/C12H22N2O2S.ClH/c15-17(16,9-11-1-2-11)14-8-5-12(10-14)3-6-13-7-4-12;/h11,13H,1-10H2;1H. The highest BCUT2D eigenvalue weighted by molar-refractivity contribution is 7.89. The van der Waals surface area contributed by atoms with E-state index in [0.29, 0.717) is 17.1 Å². The van der Waals surface area contributed by atoms with E-state index in [-0.39, 0.29) is 12.4 Å². The minimum Gasteiger partial charge on any atom is -0.317 e. The average Bonchev–Trinajstić information content (AvgIpc) is 3.00. The van der Waals surface area contributed by atoms with Crippen molar-refractivity contribution in [3.05, 3.63) is 0 Å². The Bertz CT molecular complexity index is 389. The van der Waals surface area contributed by atoms with Crippen LogP contribution in [0.5, 0.6) is 0 Å². The van der Waals surface area contributed by atoms with Crippen LogP contribution in [0.2, 0.25) is 0 Å². The Morgan fingerprint density at radius 1 is 1.17 bits per heavy atom. The molecule has 0 atom stereocenters. The Morgan fingerprint density at radius 3 is 2.44 bits per heavy atom. The Hall–Kier alpha value is 0.160. The monoisotopic (exact) mass is 294 g/mol. The van der Waals surface area contributed by atoms with Gasteiger partial charge >= 0.3 is 0 Å². The first kappa shape index (κ1) is 14.6. The van der Waals surface area contributed by atoms with Crippen molar-refractivity contribution in [2.24, 2.45) is 11.3 Å². The van der Waals surface area contributed by atoms with Crippen molar-refractivity contribution in [1.29, 1.82) is 0 Å². The summed E-state index contributed by atoms with van der Waals surface area (Å²) in [6, 6.07) is 0. The predicted octanol–water partition coefficient (Wildman–Crippen LogP) is 1.22. The molecule has 0 unspecified atom stereocenters. The van der Waals surface area contributed by atoms with Gasteiger partial charge in [-0.1, -0.05) is 0 Å². The molecule has 1 saturated carbocycles. The fraction of sp³-hybridized carbons (Fsp3) is 1.00. The lowest BCUT2D eigenvalue weighted by molar-refractivity contribution is 0.218. The van der Waals surface area contributed by atoms with Gasteiger partial charge in [0.15, 0.2) is 0 Å². The van der Waals surface area contributed by atoms with E-state index in [1.165, 1.54) is 0 Å². The lowest BCUT2D eigenvalue weighted by atomic mass is 9.78. The van der Waals surface area contributed by atoms with E-state index in [4.69, 9.17) is 0 Å². The maximum absolute atomic E-state index is 12.2. The van der Waals surface area contributed by atoms with Gasteiger partial charge in [-0.15, -0.1) is 12.4 Å². The van der Waals surface area contributed by atoms with Crippen molar-refractivity contribution in [3.63, 3.8) is 0 Å². The highest BCUT2D eigenvalue weighted by Gasteiger charge is 2.43. The number of rotatable bonds is 3. The topological polar surface area (TPSA) is 49.4 Å². The van der Waals surface area contributed by atoms with Crippen LogP contribution in [-0.4, -0.2) is 44.7 Å². The van der Waals surface area contributed by atoms with E-state index in [1.54, 1.807) is 4.31 Å². The first-order valence-corrected chi connectivity index (χ1v) is 8.39. The molecule has 0 aromatic heterocycles. The summed E-state index contributed by atoms with van der Waals surface area (Å²) in [5.41, 5.74) is 0.294. The first-order valence-electron chi connectivity index (χ1n) is 6.78. The zero-order valence-electron chi connectivity index (χ0n) is 10.7. The number of halogens is 1. The lowest BCUT2D eigenvalue weighted by Crippen LogP contribution is -2.40. The molecule has 0 aromatic rings. The summed E-state index contributed by atoms with van der Waals surface area (Å²) in [6.07, 6.45) is 5.58. The van der Waals surface area contributed by atoms with Gasteiger partial charge in [-0.3, -0.25) is 0 Å². The molecule has 1 N–H and O–H groups in total. The third-order valence-corrected chi connectivity index (χ3v) is 6.60. The molecule has 0 radical (unpaired) electrons. The SMILES string of the molecule is Cl.O=S(=O)(CC1CC1)N1CCC2(CCNCC2)C1. The van der Waals surface area contributed by atoms with Crippen LogP contribution in [0.15, 0.2) is 0 Å². The third kappa shape index (κ3) is 3.00. The van der Waals surface area contributed by atoms with Crippen LogP contribution >= 0.6 is 12.4 Å². The Morgan fingerprint density at radius 2 is 1.83 bits per heavy atom. The smallest absolute Gasteiger partial charge is 0.214 e. The first-order chi connectivity index (χ1) is 8.10. The summed E-state index contributed by atoms with van der Waals surface area (Å²) < 4.78 is 26.2. The van der Waals surface area contributed by atoms with Crippen molar-refractivity contribution < 1.29 is 8.42 Å². The fourth-order valence-electron chi connectivity index (χ4n) is 3.18. The molecule has 0 aromatic carbocycles. The van der Waals surface area contributed by atoms with E-state index < -0.39 is 10.0 Å². The van der Waals surface area contributed by atoms with Crippen LogP contribution in [0, 0.1) is 11.3 Å². The van der Waals surface area contributed by atoms with Gasteiger partial charge in [-0.05, 0) is 56.5 Å². The van der Waals surface area contributed by atoms with Gasteiger partial charge in [-0.25, -0.2) is 12.7 Å². The number of sulfonamides is 1. The molecule has 2 saturated heterocycles. The molecule has 0 amide bonds. The zero-order chi connectivity index (χ0) is 11.9. The minimum atomic E-state index is -2.96. The number of piperidine rings is 1. The highest BCUT2D eigenvalue weighted by atomic mass is 35.5. The van der Waals surface area contributed by atoms with Gasteiger partial charge in [0.05, 0.1) is 5.75 Å². The van der Waals surface area contributed by atoms with Gasteiger partial charge in [-0.2, -0.15) is 0 Å². The van der Waals surface area contributed by atoms with Crippen molar-refractivity contribution in [2.75, 3.05) is 31.9 Å². The number of nitrogens with one attached hydrogen (secondary N) is 1. The number of hydrogen-bond donors (Lipinski definition) is 1. The van der Waals surface area contributed by atoms with Gasteiger partial charge in [0.2, 0.25) is 10.0 Å². The van der Waals surface area contributed by atoms with Gasteiger partial charge in [0.1, 0.15) is 0 Å². The summed E-state index contributed by atoms with van der Waals surface area (Å²) in [5, 5.41) is 3.36. The molecule has 2 heterocycles. The van der Waals surface area contributed by atoms with Crippen LogP contribution < -0.4 is 5.32 Å². The fourth-order valence-corrected chi connectivity index (χ4v) is 5.16. The second-order valence-corrected chi connectivity index (χ2v) is 8.07. The molecule has 1 spiro atoms. The van der Waals surface area contributed by atoms with Crippen molar-refractivity contribution >= 4 is 22.4 Å². The number of nitrogens with zero attached hydrogens (tertiary/aromatic N) is 1. The molecular formula is C12H23ClN2O2S. The van der Waals surface area contributed by atoms with Gasteiger partial charge in [0, 0.05) is 13.1 Å². The normalized spacial score (nSPS) is 28.2. The summed E-state index contributed by atoms with van der Waals surface area (Å²) in [7, 11) is -2.96. The lowest BCUT2D eigenvalue weighted by Gasteiger charge is -2.33. The van der Waals surface area contributed by atoms with Crippen molar-refractivity contribution in [2.45, 2.75) is 32.1 Å². The summed E-state index contributed by atoms with van der Waals surface area (Å²) in [5.74, 6) is 0.867. The van der Waals surface area contributed by atoms with E-state index in [2.05, 4.69) is 5.32 Å². The molecule has 0 bridgehead atoms. The van der Waals surface area contributed by atoms with Gasteiger partial charge < -0.3 is 5.32 Å². The largest absolute Gasteiger partial charge is 0.317 e. The zero-order valence-corrected chi connectivity index (χ0v) is 12.4. The Kier molecular flexibility index (Phi) is 4.26. The van der Waals surface area contributed by atoms with E-state index >= 15 is 0 Å². The second-order valence-electron chi connectivity index (χ2n) is 6.06. The highest BCUT2D eigenvalue weighted by Crippen LogP contribution is 2.40. The molecule has 6 heteroatoms. The van der Waals surface area contributed by atoms with Crippen LogP contribution in [0.4, 0.5) is 0 Å². The molecule has 2 aliphatic heterocycles. The average molecular weight is 295 g/mol. The van der Waals surface area contributed by atoms with E-state index in [1.807, 2.05) is 0 Å². The molecule has 1 aliphatic carbocycles. The van der Waals surface area contributed by atoms with Crippen LogP contribution in [0.1, 0.15) is 32.1 Å².